The highest BCUT2D eigenvalue weighted by Gasteiger charge is 2.38. The first-order valence-electron chi connectivity index (χ1n) is 8.73. The lowest BCUT2D eigenvalue weighted by molar-refractivity contribution is -0.0798. The lowest BCUT2D eigenvalue weighted by Crippen LogP contribution is -2.37. The largest absolute Gasteiger partial charge is 0.511 e. The summed E-state index contributed by atoms with van der Waals surface area (Å²) in [5, 5.41) is 9.03. The van der Waals surface area contributed by atoms with E-state index in [-0.39, 0.29) is 0 Å². The van der Waals surface area contributed by atoms with Crippen molar-refractivity contribution in [2.75, 3.05) is 0 Å². The molecule has 0 N–H and O–H groups in total. The Morgan fingerprint density at radius 2 is 1.59 bits per heavy atom. The Morgan fingerprint density at radius 3 is 2.18 bits per heavy atom. The van der Waals surface area contributed by atoms with Gasteiger partial charge in [0, 0.05) is 12.8 Å². The maximum Gasteiger partial charge on any atom is 0.511 e. The molecule has 0 bridgehead atoms. The van der Waals surface area contributed by atoms with Gasteiger partial charge >= 0.3 is 6.16 Å². The molecule has 2 aliphatic carbocycles. The fraction of sp³-hybridized carbons (Fsp3) is 0.941. The van der Waals surface area contributed by atoms with E-state index in [9.17, 15) is 4.79 Å². The van der Waals surface area contributed by atoms with E-state index in [1.807, 2.05) is 20.8 Å². The molecule has 22 heavy (non-hydrogen) atoms. The summed E-state index contributed by atoms with van der Waals surface area (Å²) >= 11 is 0. The lowest BCUT2D eigenvalue weighted by Gasteiger charge is -2.33. The summed E-state index contributed by atoms with van der Waals surface area (Å²) in [6.07, 6.45) is 10.0. The van der Waals surface area contributed by atoms with Crippen LogP contribution in [0.1, 0.15) is 85.0 Å². The quantitative estimate of drug-likeness (QED) is 0.519. The van der Waals surface area contributed by atoms with Crippen molar-refractivity contribution in [3.8, 4) is 0 Å². The summed E-state index contributed by atoms with van der Waals surface area (Å²) in [7, 11) is 0. The molecule has 5 nitrogen and oxygen atoms in total. The molecule has 2 aliphatic rings. The second-order valence-corrected chi connectivity index (χ2v) is 7.58. The van der Waals surface area contributed by atoms with Crippen LogP contribution in [0.4, 0.5) is 4.79 Å². The maximum atomic E-state index is 12.0. The number of nitrogens with zero attached hydrogens (tertiary/aromatic N) is 2. The molecule has 0 aliphatic heterocycles. The van der Waals surface area contributed by atoms with Crippen molar-refractivity contribution in [2.24, 2.45) is 10.2 Å². The molecular weight excluding hydrogens is 280 g/mol. The zero-order chi connectivity index (χ0) is 16.1. The van der Waals surface area contributed by atoms with Crippen LogP contribution in [0.2, 0.25) is 0 Å². The standard InChI is InChI=1S/C17H30N2O3/c1-16(2,3)21-15(20)22-17(12-8-5-9-13-17)19-18-14-10-6-4-7-11-14/h14H,4-13H2,1-3H3/b19-18+. The van der Waals surface area contributed by atoms with Crippen LogP contribution in [0.25, 0.3) is 0 Å². The van der Waals surface area contributed by atoms with Crippen LogP contribution in [0.3, 0.4) is 0 Å². The molecule has 126 valence electrons. The van der Waals surface area contributed by atoms with Crippen molar-refractivity contribution in [3.63, 3.8) is 0 Å². The van der Waals surface area contributed by atoms with Crippen LogP contribution < -0.4 is 0 Å². The predicted molar refractivity (Wildman–Crippen MR) is 84.9 cm³/mol. The van der Waals surface area contributed by atoms with E-state index in [2.05, 4.69) is 10.2 Å². The van der Waals surface area contributed by atoms with Gasteiger partial charge in [-0.3, -0.25) is 0 Å². The zero-order valence-corrected chi connectivity index (χ0v) is 14.3. The van der Waals surface area contributed by atoms with Gasteiger partial charge in [0.05, 0.1) is 6.04 Å². The number of rotatable bonds is 3. The van der Waals surface area contributed by atoms with Gasteiger partial charge in [-0.15, -0.1) is 5.11 Å². The minimum Gasteiger partial charge on any atom is -0.429 e. The summed E-state index contributed by atoms with van der Waals surface area (Å²) < 4.78 is 10.9. The highest BCUT2D eigenvalue weighted by atomic mass is 16.7. The van der Waals surface area contributed by atoms with Gasteiger partial charge in [0.15, 0.2) is 0 Å². The highest BCUT2D eigenvalue weighted by molar-refractivity contribution is 5.61. The summed E-state index contributed by atoms with van der Waals surface area (Å²) in [4.78, 5) is 12.0. The SMILES string of the molecule is CC(C)(C)OC(=O)OC1(/N=N/C2CCCCC2)CCCCC1. The maximum absolute atomic E-state index is 12.0. The van der Waals surface area contributed by atoms with Crippen LogP contribution >= 0.6 is 0 Å². The predicted octanol–water partition coefficient (Wildman–Crippen LogP) is 5.38. The first-order chi connectivity index (χ1) is 10.4. The van der Waals surface area contributed by atoms with Gasteiger partial charge in [0.25, 0.3) is 0 Å². The smallest absolute Gasteiger partial charge is 0.429 e. The van der Waals surface area contributed by atoms with Gasteiger partial charge < -0.3 is 9.47 Å². The van der Waals surface area contributed by atoms with E-state index in [4.69, 9.17) is 9.47 Å². The molecule has 0 aromatic carbocycles. The Balaban J connectivity index is 2.00. The molecule has 2 saturated carbocycles. The van der Waals surface area contributed by atoms with E-state index in [1.54, 1.807) is 0 Å². The van der Waals surface area contributed by atoms with Crippen molar-refractivity contribution in [1.29, 1.82) is 0 Å². The minimum absolute atomic E-state index is 0.301. The molecule has 0 radical (unpaired) electrons. The number of hydrogen-bond donors (Lipinski definition) is 0. The topological polar surface area (TPSA) is 60.2 Å². The Labute approximate surface area is 133 Å². The summed E-state index contributed by atoms with van der Waals surface area (Å²) in [5.74, 6) is 0. The van der Waals surface area contributed by atoms with Gasteiger partial charge in [-0.05, 0) is 46.5 Å². The van der Waals surface area contributed by atoms with E-state index in [0.717, 1.165) is 38.5 Å². The van der Waals surface area contributed by atoms with Crippen molar-refractivity contribution >= 4 is 6.16 Å². The Hall–Kier alpha value is -1.13. The highest BCUT2D eigenvalue weighted by Crippen LogP contribution is 2.35. The summed E-state index contributed by atoms with van der Waals surface area (Å²) in [5.41, 5.74) is -1.34. The van der Waals surface area contributed by atoms with Gasteiger partial charge in [0.2, 0.25) is 5.72 Å². The molecule has 2 fully saturated rings. The molecule has 0 saturated heterocycles. The minimum atomic E-state index is -0.794. The molecular formula is C17H30N2O3. The number of hydrogen-bond acceptors (Lipinski definition) is 5. The van der Waals surface area contributed by atoms with E-state index >= 15 is 0 Å². The van der Waals surface area contributed by atoms with Crippen molar-refractivity contribution in [3.05, 3.63) is 0 Å². The molecule has 5 heteroatoms. The molecule has 0 aromatic rings. The second kappa shape index (κ2) is 7.42. The molecule has 0 heterocycles. The van der Waals surface area contributed by atoms with Gasteiger partial charge in [-0.1, -0.05) is 25.7 Å². The fourth-order valence-electron chi connectivity index (χ4n) is 3.14. The number of carbonyl (C=O) groups excluding carboxylic acids is 1. The third-order valence-electron chi connectivity index (χ3n) is 4.28. The first-order valence-corrected chi connectivity index (χ1v) is 8.73. The average Bonchev–Trinajstić information content (AvgIpc) is 2.45. The molecule has 0 unspecified atom stereocenters. The third-order valence-corrected chi connectivity index (χ3v) is 4.28. The molecule has 0 atom stereocenters. The van der Waals surface area contributed by atoms with Gasteiger partial charge in [0.1, 0.15) is 5.60 Å². The summed E-state index contributed by atoms with van der Waals surface area (Å²) in [6.45, 7) is 5.52. The van der Waals surface area contributed by atoms with Gasteiger partial charge in [-0.2, -0.15) is 5.11 Å². The van der Waals surface area contributed by atoms with Gasteiger partial charge in [-0.25, -0.2) is 4.79 Å². The number of carbonyl (C=O) groups is 1. The normalized spacial score (nSPS) is 23.4. The average molecular weight is 310 g/mol. The van der Waals surface area contributed by atoms with Crippen LogP contribution in [-0.2, 0) is 9.47 Å². The van der Waals surface area contributed by atoms with Crippen LogP contribution in [-0.4, -0.2) is 23.5 Å². The Bertz CT molecular complexity index is 389. The first kappa shape index (κ1) is 17.2. The third kappa shape index (κ3) is 5.58. The fourth-order valence-corrected chi connectivity index (χ4v) is 3.14. The molecule has 0 aromatic heterocycles. The Morgan fingerprint density at radius 1 is 1.00 bits per heavy atom. The van der Waals surface area contributed by atoms with E-state index < -0.39 is 17.5 Å². The van der Waals surface area contributed by atoms with Crippen molar-refractivity contribution in [2.45, 2.75) is 102 Å². The molecule has 2 rings (SSSR count). The zero-order valence-electron chi connectivity index (χ0n) is 14.3. The van der Waals surface area contributed by atoms with Crippen molar-refractivity contribution in [1.82, 2.24) is 0 Å². The number of azo groups is 1. The van der Waals surface area contributed by atoms with Crippen LogP contribution in [0.15, 0.2) is 10.2 Å². The van der Waals surface area contributed by atoms with Crippen LogP contribution in [0.5, 0.6) is 0 Å². The summed E-state index contributed by atoms with van der Waals surface area (Å²) in [6, 6.07) is 0.301. The van der Waals surface area contributed by atoms with Crippen LogP contribution in [0, 0.1) is 0 Å². The molecule has 0 amide bonds. The second-order valence-electron chi connectivity index (χ2n) is 7.58. The van der Waals surface area contributed by atoms with E-state index in [1.165, 1.54) is 25.7 Å². The van der Waals surface area contributed by atoms with Crippen molar-refractivity contribution < 1.29 is 14.3 Å². The number of ether oxygens (including phenoxy) is 2. The van der Waals surface area contributed by atoms with E-state index in [0.29, 0.717) is 6.04 Å². The monoisotopic (exact) mass is 310 g/mol. The molecule has 0 spiro atoms. The Kier molecular flexibility index (Phi) is 5.81. The lowest BCUT2D eigenvalue weighted by atomic mass is 9.92.